The van der Waals surface area contributed by atoms with Crippen LogP contribution in [-0.2, 0) is 20.0 Å². The third kappa shape index (κ3) is 3.38. The van der Waals surface area contributed by atoms with Crippen molar-refractivity contribution in [3.05, 3.63) is 40.7 Å². The number of benzene rings is 1. The van der Waals surface area contributed by atoms with Crippen LogP contribution >= 0.6 is 22.9 Å². The lowest BCUT2D eigenvalue weighted by Gasteiger charge is -2.18. The highest BCUT2D eigenvalue weighted by molar-refractivity contribution is 7.94. The highest BCUT2D eigenvalue weighted by Gasteiger charge is 2.23. The van der Waals surface area contributed by atoms with Gasteiger partial charge < -0.3 is 0 Å². The van der Waals surface area contributed by atoms with Gasteiger partial charge in [-0.25, -0.2) is 22.0 Å². The van der Waals surface area contributed by atoms with E-state index in [1.165, 1.54) is 43.4 Å². The van der Waals surface area contributed by atoms with Crippen LogP contribution < -0.4 is 9.44 Å². The zero-order chi connectivity index (χ0) is 15.8. The number of rotatable bonds is 4. The van der Waals surface area contributed by atoms with E-state index in [0.29, 0.717) is 10.0 Å². The normalized spacial score (nSPS) is 12.3. The molecule has 0 saturated carbocycles. The molecule has 2 aromatic rings. The molecule has 0 aliphatic carbocycles. The fourth-order valence-corrected chi connectivity index (χ4v) is 4.92. The molecule has 0 bridgehead atoms. The van der Waals surface area contributed by atoms with Crippen LogP contribution in [0.15, 0.2) is 45.5 Å². The van der Waals surface area contributed by atoms with Crippen molar-refractivity contribution in [1.82, 2.24) is 0 Å². The van der Waals surface area contributed by atoms with Crippen LogP contribution in [0.5, 0.6) is 0 Å². The minimum atomic E-state index is -3.81. The van der Waals surface area contributed by atoms with Gasteiger partial charge in [-0.1, -0.05) is 11.6 Å². The molecule has 10 heteroatoms. The third-order valence-corrected chi connectivity index (χ3v) is 7.11. The lowest BCUT2D eigenvalue weighted by atomic mass is 10.3. The molecular formula is C11H11ClN2O4S3. The first-order valence-electron chi connectivity index (χ1n) is 5.49. The molecule has 114 valence electrons. The van der Waals surface area contributed by atoms with Crippen LogP contribution in [0.1, 0.15) is 0 Å². The summed E-state index contributed by atoms with van der Waals surface area (Å²) in [6.45, 7) is 0. The SMILES string of the molecule is CN(c1ccc(S(N)(=O)=O)cc1)S(=O)(=O)c1ccc(Cl)s1. The Bertz CT molecular complexity index is 857. The van der Waals surface area contributed by atoms with Crippen molar-refractivity contribution in [3.8, 4) is 0 Å². The number of thiophene rings is 1. The quantitative estimate of drug-likeness (QED) is 0.893. The van der Waals surface area contributed by atoms with Gasteiger partial charge in [0.25, 0.3) is 10.0 Å². The molecule has 0 fully saturated rings. The summed E-state index contributed by atoms with van der Waals surface area (Å²) >= 11 is 6.69. The van der Waals surface area contributed by atoms with Crippen molar-refractivity contribution in [2.24, 2.45) is 5.14 Å². The van der Waals surface area contributed by atoms with Crippen LogP contribution in [0.4, 0.5) is 5.69 Å². The average Bonchev–Trinajstić information content (AvgIpc) is 2.84. The van der Waals surface area contributed by atoms with Gasteiger partial charge in [0.1, 0.15) is 4.21 Å². The molecule has 0 aliphatic heterocycles. The highest BCUT2D eigenvalue weighted by Crippen LogP contribution is 2.30. The van der Waals surface area contributed by atoms with E-state index in [1.807, 2.05) is 0 Å². The van der Waals surface area contributed by atoms with Gasteiger partial charge in [-0.05, 0) is 36.4 Å². The largest absolute Gasteiger partial charge is 0.273 e. The predicted octanol–water partition coefficient (Wildman–Crippen LogP) is 1.87. The lowest BCUT2D eigenvalue weighted by Crippen LogP contribution is -2.25. The Morgan fingerprint density at radius 3 is 2.05 bits per heavy atom. The van der Waals surface area contributed by atoms with Crippen molar-refractivity contribution in [2.75, 3.05) is 11.4 Å². The number of primary sulfonamides is 1. The number of nitrogens with zero attached hydrogens (tertiary/aromatic N) is 1. The zero-order valence-corrected chi connectivity index (χ0v) is 13.9. The van der Waals surface area contributed by atoms with Crippen molar-refractivity contribution in [2.45, 2.75) is 9.10 Å². The smallest absolute Gasteiger partial charge is 0.269 e. The summed E-state index contributed by atoms with van der Waals surface area (Å²) in [5.41, 5.74) is 0.312. The van der Waals surface area contributed by atoms with Crippen LogP contribution in [-0.4, -0.2) is 23.9 Å². The van der Waals surface area contributed by atoms with E-state index in [1.54, 1.807) is 0 Å². The Hall–Kier alpha value is -1.13. The molecular weight excluding hydrogens is 356 g/mol. The summed E-state index contributed by atoms with van der Waals surface area (Å²) in [7, 11) is -6.18. The third-order valence-electron chi connectivity index (χ3n) is 2.69. The van der Waals surface area contributed by atoms with E-state index in [9.17, 15) is 16.8 Å². The molecule has 0 saturated heterocycles. The number of hydrogen-bond donors (Lipinski definition) is 1. The molecule has 0 atom stereocenters. The second kappa shape index (κ2) is 5.58. The number of sulfonamides is 2. The second-order valence-corrected chi connectivity index (χ2v) is 9.54. The van der Waals surface area contributed by atoms with Crippen molar-refractivity contribution in [3.63, 3.8) is 0 Å². The van der Waals surface area contributed by atoms with Crippen molar-refractivity contribution >= 4 is 48.7 Å². The first-order chi connectivity index (χ1) is 9.62. The maximum Gasteiger partial charge on any atom is 0.273 e. The van der Waals surface area contributed by atoms with Gasteiger partial charge in [-0.15, -0.1) is 11.3 Å². The molecule has 2 rings (SSSR count). The molecule has 0 radical (unpaired) electrons. The van der Waals surface area contributed by atoms with Crippen LogP contribution in [0.3, 0.4) is 0 Å². The Balaban J connectivity index is 2.38. The zero-order valence-electron chi connectivity index (χ0n) is 10.7. The summed E-state index contributed by atoms with van der Waals surface area (Å²) < 4.78 is 48.6. The van der Waals surface area contributed by atoms with Crippen LogP contribution in [0, 0.1) is 0 Å². The second-order valence-electron chi connectivity index (χ2n) is 4.07. The lowest BCUT2D eigenvalue weighted by molar-refractivity contribution is 0.596. The molecule has 0 unspecified atom stereocenters. The molecule has 0 spiro atoms. The van der Waals surface area contributed by atoms with E-state index in [-0.39, 0.29) is 9.10 Å². The molecule has 1 heterocycles. The van der Waals surface area contributed by atoms with E-state index in [0.717, 1.165) is 15.6 Å². The first-order valence-corrected chi connectivity index (χ1v) is 9.67. The average molecular weight is 367 g/mol. The molecule has 6 nitrogen and oxygen atoms in total. The summed E-state index contributed by atoms with van der Waals surface area (Å²) in [6.07, 6.45) is 0. The first kappa shape index (κ1) is 16.2. The fourth-order valence-electron chi connectivity index (χ4n) is 1.56. The standard InChI is InChI=1S/C11H11ClN2O4S3/c1-14(21(17,18)11-7-6-10(12)19-11)8-2-4-9(5-3-8)20(13,15)16/h2-7H,1H3,(H2,13,15,16). The van der Waals surface area contributed by atoms with Gasteiger partial charge in [0.15, 0.2) is 0 Å². The summed E-state index contributed by atoms with van der Waals surface area (Å²) in [6, 6.07) is 8.14. The minimum Gasteiger partial charge on any atom is -0.269 e. The predicted molar refractivity (Wildman–Crippen MR) is 82.7 cm³/mol. The number of nitrogens with two attached hydrogens (primary N) is 1. The molecule has 1 aromatic carbocycles. The summed E-state index contributed by atoms with van der Waals surface area (Å²) in [5, 5.41) is 4.99. The molecule has 0 amide bonds. The molecule has 21 heavy (non-hydrogen) atoms. The van der Waals surface area contributed by atoms with Gasteiger partial charge in [0.05, 0.1) is 14.9 Å². The van der Waals surface area contributed by atoms with Gasteiger partial charge in [0, 0.05) is 7.05 Å². The Morgan fingerprint density at radius 2 is 1.62 bits per heavy atom. The highest BCUT2D eigenvalue weighted by atomic mass is 35.5. The maximum atomic E-state index is 12.4. The maximum absolute atomic E-state index is 12.4. The van der Waals surface area contributed by atoms with Gasteiger partial charge in [-0.3, -0.25) is 4.31 Å². The fraction of sp³-hybridized carbons (Fsp3) is 0.0909. The summed E-state index contributed by atoms with van der Waals surface area (Å²) in [4.78, 5) is -0.0868. The summed E-state index contributed by atoms with van der Waals surface area (Å²) in [5.74, 6) is 0. The topological polar surface area (TPSA) is 97.5 Å². The monoisotopic (exact) mass is 366 g/mol. The van der Waals surface area contributed by atoms with Crippen LogP contribution in [0.2, 0.25) is 4.34 Å². The molecule has 0 aliphatic rings. The Kier molecular flexibility index (Phi) is 4.31. The molecule has 2 N–H and O–H groups in total. The van der Waals surface area contributed by atoms with E-state index >= 15 is 0 Å². The van der Waals surface area contributed by atoms with E-state index in [4.69, 9.17) is 16.7 Å². The number of hydrogen-bond acceptors (Lipinski definition) is 5. The number of anilines is 1. The number of halogens is 1. The minimum absolute atomic E-state index is 0.0868. The Morgan fingerprint density at radius 1 is 1.05 bits per heavy atom. The van der Waals surface area contributed by atoms with Gasteiger partial charge >= 0.3 is 0 Å². The Labute approximate surface area is 131 Å². The van der Waals surface area contributed by atoms with Crippen molar-refractivity contribution < 1.29 is 16.8 Å². The van der Waals surface area contributed by atoms with E-state index < -0.39 is 20.0 Å². The molecule has 1 aromatic heterocycles. The van der Waals surface area contributed by atoms with Crippen LogP contribution in [0.25, 0.3) is 0 Å². The van der Waals surface area contributed by atoms with Gasteiger partial charge in [0.2, 0.25) is 10.0 Å². The van der Waals surface area contributed by atoms with E-state index in [2.05, 4.69) is 0 Å². The van der Waals surface area contributed by atoms with Gasteiger partial charge in [-0.2, -0.15) is 0 Å². The van der Waals surface area contributed by atoms with Crippen molar-refractivity contribution in [1.29, 1.82) is 0 Å².